The van der Waals surface area contributed by atoms with Gasteiger partial charge in [-0.25, -0.2) is 0 Å². The molecule has 0 spiro atoms. The van der Waals surface area contributed by atoms with Crippen LogP contribution in [0.25, 0.3) is 0 Å². The zero-order valence-electron chi connectivity index (χ0n) is 16.8. The van der Waals surface area contributed by atoms with Gasteiger partial charge in [0.1, 0.15) is 0 Å². The van der Waals surface area contributed by atoms with E-state index in [0.29, 0.717) is 24.3 Å². The maximum absolute atomic E-state index is 12.8. The first-order valence-corrected chi connectivity index (χ1v) is 9.54. The van der Waals surface area contributed by atoms with Crippen LogP contribution in [0.1, 0.15) is 45.2 Å². The highest BCUT2D eigenvalue weighted by Crippen LogP contribution is 2.35. The van der Waals surface area contributed by atoms with Crippen LogP contribution in [0.15, 0.2) is 60.7 Å². The molecule has 148 valence electrons. The van der Waals surface area contributed by atoms with Crippen molar-refractivity contribution in [3.63, 3.8) is 0 Å². The molecule has 2 aromatic carbocycles. The molecule has 0 radical (unpaired) electrons. The molecule has 27 heavy (non-hydrogen) atoms. The molecule has 0 saturated carbocycles. The Morgan fingerprint density at radius 2 is 1.30 bits per heavy atom. The monoisotopic (exact) mass is 480 g/mol. The summed E-state index contributed by atoms with van der Waals surface area (Å²) in [5.74, 6) is 0.764. The third-order valence-corrected chi connectivity index (χ3v) is 5.27. The molecule has 0 aliphatic rings. The minimum Gasteiger partial charge on any atom is -0.369 e. The largest absolute Gasteiger partial charge is 0.369 e. The Labute approximate surface area is 181 Å². The van der Waals surface area contributed by atoms with Gasteiger partial charge in [0.25, 0.3) is 0 Å². The van der Waals surface area contributed by atoms with Crippen molar-refractivity contribution in [2.45, 2.75) is 45.6 Å². The van der Waals surface area contributed by atoms with Crippen molar-refractivity contribution in [1.82, 2.24) is 5.32 Å². The number of carbonyl (C=O) groups excluding carboxylic acids is 1. The third-order valence-electron chi connectivity index (χ3n) is 5.27. The Hall–Kier alpha value is -1.40. The molecule has 0 aromatic heterocycles. The maximum atomic E-state index is 12.8. The molecule has 1 amide bonds. The highest BCUT2D eigenvalue weighted by Gasteiger charge is 2.40. The smallest absolute Gasteiger partial charge is 0.232 e. The van der Waals surface area contributed by atoms with Crippen LogP contribution in [0.5, 0.6) is 0 Å². The molecule has 0 saturated heterocycles. The highest BCUT2D eigenvalue weighted by atomic mass is 127. The van der Waals surface area contributed by atoms with E-state index in [-0.39, 0.29) is 29.9 Å². The van der Waals surface area contributed by atoms with Crippen LogP contribution in [0, 0.1) is 11.8 Å². The van der Waals surface area contributed by atoms with E-state index in [4.69, 9.17) is 5.73 Å². The van der Waals surface area contributed by atoms with Gasteiger partial charge in [-0.2, -0.15) is 0 Å². The van der Waals surface area contributed by atoms with Crippen molar-refractivity contribution in [3.05, 3.63) is 71.8 Å². The number of nitrogens with one attached hydrogen (secondary N) is 1. The van der Waals surface area contributed by atoms with Crippen LogP contribution in [-0.2, 0) is 10.2 Å². The Balaban J connectivity index is 0.00000364. The topological polar surface area (TPSA) is 55.1 Å². The molecule has 0 unspecified atom stereocenters. The number of amides is 1. The molecular weight excluding hydrogens is 447 g/mol. The standard InChI is InChI=1S/C23H32N2O.HI/c1-17(2)21(18(3)4)25-16-15-23(22(24)26,19-11-7-5-8-12-19)20-13-9-6-10-14-20;/h5-14,17-18,21,25H,15-16H2,1-4H3,(H2,24,26);1H. The average molecular weight is 480 g/mol. The summed E-state index contributed by atoms with van der Waals surface area (Å²) in [5.41, 5.74) is 7.08. The average Bonchev–Trinajstić information content (AvgIpc) is 2.62. The fraction of sp³-hybridized carbons (Fsp3) is 0.435. The van der Waals surface area contributed by atoms with Crippen LogP contribution in [0.3, 0.4) is 0 Å². The van der Waals surface area contributed by atoms with E-state index in [0.717, 1.165) is 17.7 Å². The lowest BCUT2D eigenvalue weighted by Crippen LogP contribution is -2.46. The molecule has 2 rings (SSSR count). The minimum absolute atomic E-state index is 0. The molecule has 3 N–H and O–H groups in total. The number of nitrogens with two attached hydrogens (primary N) is 1. The van der Waals surface area contributed by atoms with E-state index >= 15 is 0 Å². The van der Waals surface area contributed by atoms with Crippen molar-refractivity contribution in [1.29, 1.82) is 0 Å². The predicted molar refractivity (Wildman–Crippen MR) is 124 cm³/mol. The summed E-state index contributed by atoms with van der Waals surface area (Å²) in [6, 6.07) is 20.2. The predicted octanol–water partition coefficient (Wildman–Crippen LogP) is 4.74. The van der Waals surface area contributed by atoms with Crippen LogP contribution < -0.4 is 11.1 Å². The first-order valence-electron chi connectivity index (χ1n) is 9.54. The number of rotatable bonds is 9. The first-order chi connectivity index (χ1) is 12.4. The quantitative estimate of drug-likeness (QED) is 0.510. The molecule has 0 heterocycles. The number of carbonyl (C=O) groups is 1. The zero-order chi connectivity index (χ0) is 19.2. The van der Waals surface area contributed by atoms with E-state index in [1.165, 1.54) is 0 Å². The minimum atomic E-state index is -0.825. The SMILES string of the molecule is CC(C)C(NCCC(C(N)=O)(c1ccccc1)c1ccccc1)C(C)C.I. The molecule has 0 fully saturated rings. The zero-order valence-corrected chi connectivity index (χ0v) is 19.1. The second-order valence-electron chi connectivity index (χ2n) is 7.72. The van der Waals surface area contributed by atoms with Crippen LogP contribution in [0.2, 0.25) is 0 Å². The molecular formula is C23H33IN2O. The summed E-state index contributed by atoms with van der Waals surface area (Å²) in [7, 11) is 0. The van der Waals surface area contributed by atoms with Gasteiger partial charge < -0.3 is 11.1 Å². The van der Waals surface area contributed by atoms with Crippen molar-refractivity contribution in [2.24, 2.45) is 17.6 Å². The first kappa shape index (κ1) is 23.6. The van der Waals surface area contributed by atoms with Gasteiger partial charge in [-0.15, -0.1) is 24.0 Å². The molecule has 4 heteroatoms. The second-order valence-corrected chi connectivity index (χ2v) is 7.72. The highest BCUT2D eigenvalue weighted by molar-refractivity contribution is 14.0. The summed E-state index contributed by atoms with van der Waals surface area (Å²) >= 11 is 0. The Morgan fingerprint density at radius 1 is 0.889 bits per heavy atom. The molecule has 2 aromatic rings. The lowest BCUT2D eigenvalue weighted by molar-refractivity contribution is -0.122. The summed E-state index contributed by atoms with van der Waals surface area (Å²) in [5, 5.41) is 3.66. The lowest BCUT2D eigenvalue weighted by Gasteiger charge is -2.34. The Kier molecular flexibility index (Phi) is 9.47. The molecule has 3 nitrogen and oxygen atoms in total. The number of hydrogen-bond donors (Lipinski definition) is 2. The fourth-order valence-corrected chi connectivity index (χ4v) is 3.98. The van der Waals surface area contributed by atoms with Crippen molar-refractivity contribution < 1.29 is 4.79 Å². The Bertz CT molecular complexity index is 639. The molecule has 0 aliphatic carbocycles. The maximum Gasteiger partial charge on any atom is 0.232 e. The molecule has 0 bridgehead atoms. The molecule has 0 atom stereocenters. The van der Waals surface area contributed by atoms with Gasteiger partial charge in [-0.3, -0.25) is 4.79 Å². The van der Waals surface area contributed by atoms with Crippen LogP contribution >= 0.6 is 24.0 Å². The third kappa shape index (κ3) is 5.55. The van der Waals surface area contributed by atoms with Gasteiger partial charge in [0.05, 0.1) is 5.41 Å². The van der Waals surface area contributed by atoms with Crippen LogP contribution in [-0.4, -0.2) is 18.5 Å². The number of halogens is 1. The van der Waals surface area contributed by atoms with E-state index in [1.54, 1.807) is 0 Å². The second kappa shape index (κ2) is 10.8. The van der Waals surface area contributed by atoms with Gasteiger partial charge in [0.2, 0.25) is 5.91 Å². The van der Waals surface area contributed by atoms with Gasteiger partial charge >= 0.3 is 0 Å². The van der Waals surface area contributed by atoms with Crippen molar-refractivity contribution in [2.75, 3.05) is 6.54 Å². The van der Waals surface area contributed by atoms with E-state index in [2.05, 4.69) is 33.0 Å². The van der Waals surface area contributed by atoms with Gasteiger partial charge in [-0.05, 0) is 35.9 Å². The van der Waals surface area contributed by atoms with E-state index in [1.807, 2.05) is 60.7 Å². The summed E-state index contributed by atoms with van der Waals surface area (Å²) < 4.78 is 0. The lowest BCUT2D eigenvalue weighted by atomic mass is 9.71. The van der Waals surface area contributed by atoms with E-state index in [9.17, 15) is 4.79 Å². The number of primary amides is 1. The van der Waals surface area contributed by atoms with E-state index < -0.39 is 5.41 Å². The summed E-state index contributed by atoms with van der Waals surface area (Å²) in [4.78, 5) is 12.8. The fourth-order valence-electron chi connectivity index (χ4n) is 3.98. The van der Waals surface area contributed by atoms with Crippen LogP contribution in [0.4, 0.5) is 0 Å². The van der Waals surface area contributed by atoms with Gasteiger partial charge in [0, 0.05) is 6.04 Å². The number of hydrogen-bond acceptors (Lipinski definition) is 2. The number of benzene rings is 2. The van der Waals surface area contributed by atoms with Crippen molar-refractivity contribution in [3.8, 4) is 0 Å². The summed E-state index contributed by atoms with van der Waals surface area (Å²) in [6.07, 6.45) is 0.631. The molecule has 0 aliphatic heterocycles. The Morgan fingerprint density at radius 3 is 1.63 bits per heavy atom. The van der Waals surface area contributed by atoms with Gasteiger partial charge in [-0.1, -0.05) is 88.4 Å². The normalized spacial score (nSPS) is 11.7. The van der Waals surface area contributed by atoms with Crippen molar-refractivity contribution >= 4 is 29.9 Å². The van der Waals surface area contributed by atoms with Gasteiger partial charge in [0.15, 0.2) is 0 Å². The summed E-state index contributed by atoms with van der Waals surface area (Å²) in [6.45, 7) is 9.65.